The number of rotatable bonds is 4. The van der Waals surface area contributed by atoms with Gasteiger partial charge in [-0.2, -0.15) is 4.98 Å². The van der Waals surface area contributed by atoms with E-state index in [0.717, 1.165) is 15.9 Å². The van der Waals surface area contributed by atoms with Crippen LogP contribution in [0.3, 0.4) is 0 Å². The van der Waals surface area contributed by atoms with Gasteiger partial charge in [-0.05, 0) is 31.2 Å². The van der Waals surface area contributed by atoms with E-state index < -0.39 is 0 Å². The molecule has 0 aliphatic rings. The molecule has 0 spiro atoms. The lowest BCUT2D eigenvalue weighted by Gasteiger charge is -2.07. The van der Waals surface area contributed by atoms with E-state index in [1.807, 2.05) is 31.2 Å². The van der Waals surface area contributed by atoms with Crippen molar-refractivity contribution in [3.63, 3.8) is 0 Å². The number of methoxy groups -OCH3 is 1. The molecule has 2 rings (SSSR count). The standard InChI is InChI=1S/C13H13BrN2O2/c1-9-7-13(16-12(15-9)8-17-2)18-11-5-3-10(14)4-6-11/h3-7H,8H2,1-2H3. The molecule has 0 aliphatic heterocycles. The van der Waals surface area contributed by atoms with E-state index in [1.165, 1.54) is 0 Å². The van der Waals surface area contributed by atoms with Gasteiger partial charge in [0.1, 0.15) is 12.4 Å². The van der Waals surface area contributed by atoms with Gasteiger partial charge in [-0.3, -0.25) is 0 Å². The molecule has 5 heteroatoms. The number of aromatic nitrogens is 2. The third-order valence-electron chi connectivity index (χ3n) is 2.19. The second-order valence-corrected chi connectivity index (χ2v) is 4.67. The molecule has 0 atom stereocenters. The molecule has 94 valence electrons. The zero-order chi connectivity index (χ0) is 13.0. The highest BCUT2D eigenvalue weighted by Crippen LogP contribution is 2.22. The summed E-state index contributed by atoms with van der Waals surface area (Å²) >= 11 is 3.38. The Labute approximate surface area is 114 Å². The fourth-order valence-electron chi connectivity index (χ4n) is 1.47. The zero-order valence-electron chi connectivity index (χ0n) is 10.2. The average molecular weight is 309 g/mol. The Morgan fingerprint density at radius 2 is 1.89 bits per heavy atom. The van der Waals surface area contributed by atoms with Gasteiger partial charge >= 0.3 is 0 Å². The number of benzene rings is 1. The van der Waals surface area contributed by atoms with Crippen molar-refractivity contribution in [1.82, 2.24) is 9.97 Å². The van der Waals surface area contributed by atoms with Gasteiger partial charge < -0.3 is 9.47 Å². The smallest absolute Gasteiger partial charge is 0.222 e. The minimum Gasteiger partial charge on any atom is -0.439 e. The van der Waals surface area contributed by atoms with E-state index in [1.54, 1.807) is 13.2 Å². The molecule has 1 heterocycles. The second kappa shape index (κ2) is 5.93. The fraction of sp³-hybridized carbons (Fsp3) is 0.231. The lowest BCUT2D eigenvalue weighted by Crippen LogP contribution is -2.00. The fourth-order valence-corrected chi connectivity index (χ4v) is 1.73. The summed E-state index contributed by atoms with van der Waals surface area (Å²) in [7, 11) is 1.61. The first-order valence-electron chi connectivity index (χ1n) is 5.44. The van der Waals surface area contributed by atoms with Gasteiger partial charge in [-0.25, -0.2) is 4.98 Å². The summed E-state index contributed by atoms with van der Waals surface area (Å²) in [4.78, 5) is 8.53. The molecule has 0 amide bonds. The topological polar surface area (TPSA) is 44.2 Å². The van der Waals surface area contributed by atoms with E-state index in [9.17, 15) is 0 Å². The molecule has 18 heavy (non-hydrogen) atoms. The normalized spacial score (nSPS) is 10.4. The first-order chi connectivity index (χ1) is 8.67. The van der Waals surface area contributed by atoms with Crippen molar-refractivity contribution in [2.24, 2.45) is 0 Å². The number of ether oxygens (including phenoxy) is 2. The number of nitrogens with zero attached hydrogens (tertiary/aromatic N) is 2. The Balaban J connectivity index is 2.20. The Bertz CT molecular complexity index is 529. The van der Waals surface area contributed by atoms with Crippen LogP contribution in [0.1, 0.15) is 11.5 Å². The van der Waals surface area contributed by atoms with Gasteiger partial charge in [-0.1, -0.05) is 15.9 Å². The molecule has 0 saturated heterocycles. The van der Waals surface area contributed by atoms with Crippen LogP contribution in [-0.4, -0.2) is 17.1 Å². The first kappa shape index (κ1) is 13.0. The van der Waals surface area contributed by atoms with Crippen LogP contribution in [0, 0.1) is 6.92 Å². The third-order valence-corrected chi connectivity index (χ3v) is 2.72. The Hall–Kier alpha value is -1.46. The van der Waals surface area contributed by atoms with Gasteiger partial charge in [0.25, 0.3) is 0 Å². The molecule has 4 nitrogen and oxygen atoms in total. The molecular weight excluding hydrogens is 296 g/mol. The molecule has 0 radical (unpaired) electrons. The largest absolute Gasteiger partial charge is 0.439 e. The minimum atomic E-state index is 0.373. The molecule has 1 aromatic heterocycles. The predicted octanol–water partition coefficient (Wildman–Crippen LogP) is 3.49. The maximum Gasteiger partial charge on any atom is 0.222 e. The molecule has 0 saturated carbocycles. The van der Waals surface area contributed by atoms with E-state index in [4.69, 9.17) is 9.47 Å². The van der Waals surface area contributed by atoms with Crippen molar-refractivity contribution in [1.29, 1.82) is 0 Å². The van der Waals surface area contributed by atoms with Crippen LogP contribution in [0.25, 0.3) is 0 Å². The van der Waals surface area contributed by atoms with Gasteiger partial charge in [-0.15, -0.1) is 0 Å². The summed E-state index contributed by atoms with van der Waals surface area (Å²) < 4.78 is 11.7. The number of hydrogen-bond acceptors (Lipinski definition) is 4. The highest BCUT2D eigenvalue weighted by Gasteiger charge is 2.04. The molecule has 0 fully saturated rings. The van der Waals surface area contributed by atoms with Gasteiger partial charge in [0.2, 0.25) is 5.88 Å². The summed E-state index contributed by atoms with van der Waals surface area (Å²) in [5.41, 5.74) is 0.851. The quantitative estimate of drug-likeness (QED) is 0.867. The van der Waals surface area contributed by atoms with Gasteiger partial charge in [0.15, 0.2) is 5.82 Å². The van der Waals surface area contributed by atoms with Crippen molar-refractivity contribution in [3.05, 3.63) is 46.3 Å². The monoisotopic (exact) mass is 308 g/mol. The van der Waals surface area contributed by atoms with Crippen LogP contribution in [0.4, 0.5) is 0 Å². The van der Waals surface area contributed by atoms with Crippen molar-refractivity contribution in [2.45, 2.75) is 13.5 Å². The molecule has 0 unspecified atom stereocenters. The van der Waals surface area contributed by atoms with Crippen LogP contribution in [0.15, 0.2) is 34.8 Å². The zero-order valence-corrected chi connectivity index (χ0v) is 11.8. The summed E-state index contributed by atoms with van der Waals surface area (Å²) in [6, 6.07) is 9.37. The van der Waals surface area contributed by atoms with E-state index in [-0.39, 0.29) is 0 Å². The van der Waals surface area contributed by atoms with E-state index in [2.05, 4.69) is 25.9 Å². The van der Waals surface area contributed by atoms with Crippen molar-refractivity contribution < 1.29 is 9.47 Å². The van der Waals surface area contributed by atoms with Crippen LogP contribution < -0.4 is 4.74 Å². The lowest BCUT2D eigenvalue weighted by molar-refractivity contribution is 0.177. The summed E-state index contributed by atoms with van der Waals surface area (Å²) in [5, 5.41) is 0. The lowest BCUT2D eigenvalue weighted by atomic mass is 10.3. The van der Waals surface area contributed by atoms with Crippen molar-refractivity contribution in [2.75, 3.05) is 7.11 Å². The summed E-state index contributed by atoms with van der Waals surface area (Å²) in [6.07, 6.45) is 0. The maximum absolute atomic E-state index is 5.67. The Morgan fingerprint density at radius 1 is 1.17 bits per heavy atom. The molecule has 1 aromatic carbocycles. The number of halogens is 1. The number of aryl methyl sites for hydroxylation is 1. The first-order valence-corrected chi connectivity index (χ1v) is 6.23. The molecule has 0 bridgehead atoms. The predicted molar refractivity (Wildman–Crippen MR) is 71.7 cm³/mol. The molecular formula is C13H13BrN2O2. The highest BCUT2D eigenvalue weighted by atomic mass is 79.9. The molecule has 0 aliphatic carbocycles. The minimum absolute atomic E-state index is 0.373. The maximum atomic E-state index is 5.67. The van der Waals surface area contributed by atoms with Crippen molar-refractivity contribution >= 4 is 15.9 Å². The second-order valence-electron chi connectivity index (χ2n) is 3.75. The van der Waals surface area contributed by atoms with Crippen molar-refractivity contribution in [3.8, 4) is 11.6 Å². The van der Waals surface area contributed by atoms with Gasteiger partial charge in [0, 0.05) is 23.3 Å². The van der Waals surface area contributed by atoms with Crippen LogP contribution >= 0.6 is 15.9 Å². The highest BCUT2D eigenvalue weighted by molar-refractivity contribution is 9.10. The van der Waals surface area contributed by atoms with Gasteiger partial charge in [0.05, 0.1) is 0 Å². The summed E-state index contributed by atoms with van der Waals surface area (Å²) in [5.74, 6) is 1.88. The van der Waals surface area contributed by atoms with Crippen LogP contribution in [0.2, 0.25) is 0 Å². The Morgan fingerprint density at radius 3 is 2.56 bits per heavy atom. The third kappa shape index (κ3) is 3.51. The summed E-state index contributed by atoms with van der Waals surface area (Å²) in [6.45, 7) is 2.27. The average Bonchev–Trinajstić information content (AvgIpc) is 2.32. The van der Waals surface area contributed by atoms with Crippen LogP contribution in [0.5, 0.6) is 11.6 Å². The van der Waals surface area contributed by atoms with E-state index >= 15 is 0 Å². The Kier molecular flexibility index (Phi) is 4.28. The van der Waals surface area contributed by atoms with E-state index in [0.29, 0.717) is 18.3 Å². The number of hydrogen-bond donors (Lipinski definition) is 0. The molecule has 0 N–H and O–H groups in total. The SMILES string of the molecule is COCc1nc(C)cc(Oc2ccc(Br)cc2)n1. The molecule has 2 aromatic rings. The van der Waals surface area contributed by atoms with Crippen LogP contribution in [-0.2, 0) is 11.3 Å².